The van der Waals surface area contributed by atoms with E-state index in [9.17, 15) is 13.2 Å². The molecule has 0 radical (unpaired) electrons. The van der Waals surface area contributed by atoms with E-state index < -0.39 is 10.0 Å². The number of piperidine rings is 1. The maximum Gasteiger partial charge on any atom is 0.255 e. The Hall–Kier alpha value is -1.34. The summed E-state index contributed by atoms with van der Waals surface area (Å²) in [6.45, 7) is 5.98. The fourth-order valence-corrected chi connectivity index (χ4v) is 4.21. The molecule has 24 heavy (non-hydrogen) atoms. The maximum atomic E-state index is 12.9. The Morgan fingerprint density at radius 3 is 2.38 bits per heavy atom. The number of aryl methyl sites for hydroxylation is 1. The molecular weight excluding hydrogens is 326 g/mol. The van der Waals surface area contributed by atoms with Crippen molar-refractivity contribution in [3.63, 3.8) is 0 Å². The molecule has 1 aliphatic heterocycles. The van der Waals surface area contributed by atoms with Crippen molar-refractivity contribution >= 4 is 15.9 Å². The Morgan fingerprint density at radius 1 is 1.21 bits per heavy atom. The number of amides is 1. The van der Waals surface area contributed by atoms with Gasteiger partial charge in [0.15, 0.2) is 0 Å². The van der Waals surface area contributed by atoms with Crippen LogP contribution in [0.1, 0.15) is 53.5 Å². The molecule has 1 saturated carbocycles. The van der Waals surface area contributed by atoms with Gasteiger partial charge in [0.1, 0.15) is 0 Å². The minimum atomic E-state index is -3.14. The van der Waals surface area contributed by atoms with Crippen molar-refractivity contribution in [2.24, 2.45) is 5.92 Å². The molecular formula is C17H27N3O3S. The molecule has 6 nitrogen and oxygen atoms in total. The number of sulfonamides is 1. The van der Waals surface area contributed by atoms with Crippen LogP contribution < -0.4 is 4.72 Å². The van der Waals surface area contributed by atoms with Crippen LogP contribution in [0, 0.1) is 19.8 Å². The van der Waals surface area contributed by atoms with Gasteiger partial charge in [-0.3, -0.25) is 4.79 Å². The van der Waals surface area contributed by atoms with Crippen molar-refractivity contribution in [2.75, 3.05) is 25.9 Å². The molecule has 2 aliphatic rings. The Morgan fingerprint density at radius 2 is 1.83 bits per heavy atom. The topological polar surface area (TPSA) is 71.4 Å². The molecule has 1 amide bonds. The molecule has 0 spiro atoms. The minimum Gasteiger partial charge on any atom is -0.345 e. The second-order valence-electron chi connectivity index (χ2n) is 7.24. The SMILES string of the molecule is Cc1cc(C(=O)N2CCC(CNS(C)(=O)=O)CC2)c(C)n1C1CC1. The number of nitrogens with one attached hydrogen (secondary N) is 1. The third kappa shape index (κ3) is 3.83. The summed E-state index contributed by atoms with van der Waals surface area (Å²) in [7, 11) is -3.14. The van der Waals surface area contributed by atoms with Crippen LogP contribution in [0.25, 0.3) is 0 Å². The van der Waals surface area contributed by atoms with E-state index in [1.165, 1.54) is 24.8 Å². The molecule has 7 heteroatoms. The molecule has 2 heterocycles. The molecule has 1 saturated heterocycles. The lowest BCUT2D eigenvalue weighted by molar-refractivity contribution is 0.0691. The summed E-state index contributed by atoms with van der Waals surface area (Å²) in [4.78, 5) is 14.8. The average Bonchev–Trinajstić information content (AvgIpc) is 3.30. The van der Waals surface area contributed by atoms with Crippen LogP contribution in [0.2, 0.25) is 0 Å². The van der Waals surface area contributed by atoms with E-state index in [4.69, 9.17) is 0 Å². The van der Waals surface area contributed by atoms with Crippen molar-refractivity contribution in [3.05, 3.63) is 23.0 Å². The quantitative estimate of drug-likeness (QED) is 0.878. The molecule has 1 aliphatic carbocycles. The molecule has 0 unspecified atom stereocenters. The first-order valence-corrected chi connectivity index (χ1v) is 10.6. The zero-order valence-corrected chi connectivity index (χ0v) is 15.5. The minimum absolute atomic E-state index is 0.115. The number of carbonyl (C=O) groups is 1. The summed E-state index contributed by atoms with van der Waals surface area (Å²) in [5.41, 5.74) is 3.08. The zero-order valence-electron chi connectivity index (χ0n) is 14.7. The van der Waals surface area contributed by atoms with Gasteiger partial charge in [0.05, 0.1) is 11.8 Å². The van der Waals surface area contributed by atoms with Crippen LogP contribution in [0.15, 0.2) is 6.07 Å². The van der Waals surface area contributed by atoms with Crippen LogP contribution in [-0.4, -0.2) is 49.7 Å². The van der Waals surface area contributed by atoms with E-state index in [-0.39, 0.29) is 5.91 Å². The molecule has 1 N–H and O–H groups in total. The number of nitrogens with zero attached hydrogens (tertiary/aromatic N) is 2. The lowest BCUT2D eigenvalue weighted by Crippen LogP contribution is -2.41. The second-order valence-corrected chi connectivity index (χ2v) is 9.08. The van der Waals surface area contributed by atoms with E-state index in [2.05, 4.69) is 16.2 Å². The Kier molecular flexibility index (Phi) is 4.75. The van der Waals surface area contributed by atoms with Crippen molar-refractivity contribution < 1.29 is 13.2 Å². The predicted molar refractivity (Wildman–Crippen MR) is 93.7 cm³/mol. The third-order valence-electron chi connectivity index (χ3n) is 5.16. The van der Waals surface area contributed by atoms with Gasteiger partial charge in [0.25, 0.3) is 5.91 Å². The lowest BCUT2D eigenvalue weighted by Gasteiger charge is -2.32. The summed E-state index contributed by atoms with van der Waals surface area (Å²) in [6, 6.07) is 2.60. The van der Waals surface area contributed by atoms with Gasteiger partial charge in [-0.2, -0.15) is 0 Å². The van der Waals surface area contributed by atoms with Crippen LogP contribution >= 0.6 is 0 Å². The molecule has 1 aromatic heterocycles. The van der Waals surface area contributed by atoms with Crippen LogP contribution in [-0.2, 0) is 10.0 Å². The Balaban J connectivity index is 1.60. The normalized spacial score (nSPS) is 19.7. The fraction of sp³-hybridized carbons (Fsp3) is 0.706. The maximum absolute atomic E-state index is 12.9. The molecule has 134 valence electrons. The molecule has 3 rings (SSSR count). The van der Waals surface area contributed by atoms with Crippen LogP contribution in [0.5, 0.6) is 0 Å². The first-order chi connectivity index (χ1) is 11.3. The number of carbonyl (C=O) groups excluding carboxylic acids is 1. The van der Waals surface area contributed by atoms with E-state index in [1.54, 1.807) is 0 Å². The number of rotatable bonds is 5. The molecule has 1 aromatic rings. The van der Waals surface area contributed by atoms with Gasteiger partial charge in [0, 0.05) is 37.1 Å². The highest BCUT2D eigenvalue weighted by atomic mass is 32.2. The number of hydrogen-bond acceptors (Lipinski definition) is 3. The van der Waals surface area contributed by atoms with Gasteiger partial charge >= 0.3 is 0 Å². The van der Waals surface area contributed by atoms with E-state index in [1.807, 2.05) is 17.9 Å². The fourth-order valence-electron chi connectivity index (χ4n) is 3.67. The largest absolute Gasteiger partial charge is 0.345 e. The predicted octanol–water partition coefficient (Wildman–Crippen LogP) is 1.84. The number of likely N-dealkylation sites (tertiary alicyclic amines) is 1. The van der Waals surface area contributed by atoms with Gasteiger partial charge in [0.2, 0.25) is 10.0 Å². The third-order valence-corrected chi connectivity index (χ3v) is 5.85. The summed E-state index contributed by atoms with van der Waals surface area (Å²) in [5.74, 6) is 0.423. The highest BCUT2D eigenvalue weighted by molar-refractivity contribution is 7.88. The standard InChI is InChI=1S/C17H27N3O3S/c1-12-10-16(13(2)20(12)15-4-5-15)17(21)19-8-6-14(7-9-19)11-18-24(3,22)23/h10,14-15,18H,4-9,11H2,1-3H3. The number of aromatic nitrogens is 1. The van der Waals surface area contributed by atoms with Crippen molar-refractivity contribution in [3.8, 4) is 0 Å². The summed E-state index contributed by atoms with van der Waals surface area (Å²) >= 11 is 0. The smallest absolute Gasteiger partial charge is 0.255 e. The van der Waals surface area contributed by atoms with Gasteiger partial charge in [-0.05, 0) is 51.5 Å². The molecule has 0 atom stereocenters. The molecule has 0 aromatic carbocycles. The van der Waals surface area contributed by atoms with Gasteiger partial charge in [-0.1, -0.05) is 0 Å². The van der Waals surface area contributed by atoms with Crippen molar-refractivity contribution in [2.45, 2.75) is 45.6 Å². The highest BCUT2D eigenvalue weighted by Gasteiger charge is 2.30. The van der Waals surface area contributed by atoms with E-state index in [0.717, 1.165) is 24.1 Å². The number of hydrogen-bond donors (Lipinski definition) is 1. The summed E-state index contributed by atoms with van der Waals surface area (Å²) in [5, 5.41) is 0. The second kappa shape index (κ2) is 6.52. The summed E-state index contributed by atoms with van der Waals surface area (Å²) < 4.78 is 27.2. The Bertz CT molecular complexity index is 727. The van der Waals surface area contributed by atoms with Crippen molar-refractivity contribution in [1.82, 2.24) is 14.2 Å². The monoisotopic (exact) mass is 353 g/mol. The Labute approximate surface area is 144 Å². The lowest BCUT2D eigenvalue weighted by atomic mass is 9.96. The first-order valence-electron chi connectivity index (χ1n) is 8.68. The van der Waals surface area contributed by atoms with Gasteiger partial charge in [-0.25, -0.2) is 13.1 Å². The highest BCUT2D eigenvalue weighted by Crippen LogP contribution is 2.38. The summed E-state index contributed by atoms with van der Waals surface area (Å²) in [6.07, 6.45) is 5.29. The van der Waals surface area contributed by atoms with Gasteiger partial charge in [-0.15, -0.1) is 0 Å². The zero-order chi connectivity index (χ0) is 17.5. The first kappa shape index (κ1) is 17.5. The van der Waals surface area contributed by atoms with Crippen molar-refractivity contribution in [1.29, 1.82) is 0 Å². The van der Waals surface area contributed by atoms with E-state index in [0.29, 0.717) is 31.6 Å². The van der Waals surface area contributed by atoms with Crippen LogP contribution in [0.3, 0.4) is 0 Å². The van der Waals surface area contributed by atoms with E-state index >= 15 is 0 Å². The average molecular weight is 353 g/mol. The van der Waals surface area contributed by atoms with Gasteiger partial charge < -0.3 is 9.47 Å². The molecule has 0 bridgehead atoms. The molecule has 2 fully saturated rings. The van der Waals surface area contributed by atoms with Crippen LogP contribution in [0.4, 0.5) is 0 Å².